The third kappa shape index (κ3) is 2.89. The van der Waals surface area contributed by atoms with Crippen LogP contribution in [0.1, 0.15) is 11.1 Å². The highest BCUT2D eigenvalue weighted by molar-refractivity contribution is 5.22. The SMILES string of the molecule is Cc1ccc(C/C=C/CN)cc1. The number of aryl methyl sites for hydroxylation is 1. The maximum Gasteiger partial charge on any atom is 0.0106 e. The van der Waals surface area contributed by atoms with Gasteiger partial charge in [-0.2, -0.15) is 0 Å². The van der Waals surface area contributed by atoms with Crippen LogP contribution in [0.25, 0.3) is 0 Å². The Morgan fingerprint density at radius 1 is 1.17 bits per heavy atom. The molecule has 0 heterocycles. The van der Waals surface area contributed by atoms with E-state index < -0.39 is 0 Å². The van der Waals surface area contributed by atoms with Crippen LogP contribution < -0.4 is 5.73 Å². The van der Waals surface area contributed by atoms with E-state index in [2.05, 4.69) is 37.3 Å². The van der Waals surface area contributed by atoms with E-state index in [0.29, 0.717) is 6.54 Å². The lowest BCUT2D eigenvalue weighted by Crippen LogP contribution is -1.92. The minimum Gasteiger partial charge on any atom is -0.327 e. The second-order valence-electron chi connectivity index (χ2n) is 2.90. The van der Waals surface area contributed by atoms with Crippen molar-refractivity contribution >= 4 is 0 Å². The number of hydrogen-bond donors (Lipinski definition) is 1. The highest BCUT2D eigenvalue weighted by Gasteiger charge is 1.87. The van der Waals surface area contributed by atoms with Crippen molar-refractivity contribution in [2.24, 2.45) is 5.73 Å². The minimum atomic E-state index is 0.631. The molecule has 12 heavy (non-hydrogen) atoms. The summed E-state index contributed by atoms with van der Waals surface area (Å²) in [7, 11) is 0. The molecule has 0 spiro atoms. The van der Waals surface area contributed by atoms with Crippen LogP contribution in [0.4, 0.5) is 0 Å². The molecule has 0 unspecified atom stereocenters. The Labute approximate surface area is 73.9 Å². The predicted molar refractivity (Wildman–Crippen MR) is 53.1 cm³/mol. The summed E-state index contributed by atoms with van der Waals surface area (Å²) < 4.78 is 0. The van der Waals surface area contributed by atoms with E-state index in [9.17, 15) is 0 Å². The molecule has 0 saturated heterocycles. The van der Waals surface area contributed by atoms with Crippen molar-refractivity contribution in [2.45, 2.75) is 13.3 Å². The van der Waals surface area contributed by atoms with E-state index in [4.69, 9.17) is 5.73 Å². The molecular weight excluding hydrogens is 146 g/mol. The summed E-state index contributed by atoms with van der Waals surface area (Å²) in [4.78, 5) is 0. The van der Waals surface area contributed by atoms with E-state index in [0.717, 1.165) is 6.42 Å². The van der Waals surface area contributed by atoms with Gasteiger partial charge in [0.05, 0.1) is 0 Å². The summed E-state index contributed by atoms with van der Waals surface area (Å²) in [6, 6.07) is 8.56. The van der Waals surface area contributed by atoms with Gasteiger partial charge in [-0.3, -0.25) is 0 Å². The Morgan fingerprint density at radius 2 is 1.83 bits per heavy atom. The van der Waals surface area contributed by atoms with Gasteiger partial charge in [0.2, 0.25) is 0 Å². The van der Waals surface area contributed by atoms with E-state index >= 15 is 0 Å². The monoisotopic (exact) mass is 161 g/mol. The van der Waals surface area contributed by atoms with Crippen molar-refractivity contribution < 1.29 is 0 Å². The van der Waals surface area contributed by atoms with E-state index in [1.807, 2.05) is 6.08 Å². The lowest BCUT2D eigenvalue weighted by molar-refractivity contribution is 1.20. The molecule has 0 amide bonds. The smallest absolute Gasteiger partial charge is 0.0106 e. The molecule has 2 N–H and O–H groups in total. The van der Waals surface area contributed by atoms with Gasteiger partial charge in [0.1, 0.15) is 0 Å². The maximum atomic E-state index is 5.33. The molecular formula is C11H15N. The first-order valence-corrected chi connectivity index (χ1v) is 4.23. The Bertz CT molecular complexity index is 246. The van der Waals surface area contributed by atoms with Crippen molar-refractivity contribution in [1.82, 2.24) is 0 Å². The normalized spacial score (nSPS) is 10.8. The molecule has 1 aromatic carbocycles. The molecule has 0 aliphatic rings. The number of benzene rings is 1. The molecule has 64 valence electrons. The second-order valence-corrected chi connectivity index (χ2v) is 2.90. The van der Waals surface area contributed by atoms with E-state index in [1.165, 1.54) is 11.1 Å². The lowest BCUT2D eigenvalue weighted by atomic mass is 10.1. The number of allylic oxidation sites excluding steroid dienone is 1. The van der Waals surface area contributed by atoms with Crippen LogP contribution >= 0.6 is 0 Å². The topological polar surface area (TPSA) is 26.0 Å². The quantitative estimate of drug-likeness (QED) is 0.675. The van der Waals surface area contributed by atoms with E-state index in [-0.39, 0.29) is 0 Å². The van der Waals surface area contributed by atoms with Crippen molar-refractivity contribution in [2.75, 3.05) is 6.54 Å². The third-order valence-electron chi connectivity index (χ3n) is 1.78. The van der Waals surface area contributed by atoms with Gasteiger partial charge in [0.15, 0.2) is 0 Å². The summed E-state index contributed by atoms with van der Waals surface area (Å²) in [5.41, 5.74) is 7.98. The molecule has 1 aromatic rings. The van der Waals surface area contributed by atoms with Crippen LogP contribution in [-0.2, 0) is 6.42 Å². The van der Waals surface area contributed by atoms with Gasteiger partial charge in [-0.1, -0.05) is 42.0 Å². The minimum absolute atomic E-state index is 0.631. The van der Waals surface area contributed by atoms with Gasteiger partial charge >= 0.3 is 0 Å². The average Bonchev–Trinajstić information content (AvgIpc) is 2.09. The highest BCUT2D eigenvalue weighted by atomic mass is 14.5. The number of hydrogen-bond acceptors (Lipinski definition) is 1. The molecule has 0 atom stereocenters. The van der Waals surface area contributed by atoms with Crippen LogP contribution in [0.5, 0.6) is 0 Å². The van der Waals surface area contributed by atoms with Crippen molar-refractivity contribution in [3.8, 4) is 0 Å². The molecule has 0 saturated carbocycles. The summed E-state index contributed by atoms with van der Waals surface area (Å²) >= 11 is 0. The van der Waals surface area contributed by atoms with Gasteiger partial charge in [0, 0.05) is 6.54 Å². The zero-order valence-electron chi connectivity index (χ0n) is 7.46. The molecule has 0 aliphatic carbocycles. The Hall–Kier alpha value is -1.08. The molecule has 0 fully saturated rings. The first-order chi connectivity index (χ1) is 5.83. The molecule has 1 rings (SSSR count). The van der Waals surface area contributed by atoms with Crippen LogP contribution in [0.15, 0.2) is 36.4 Å². The lowest BCUT2D eigenvalue weighted by Gasteiger charge is -1.96. The largest absolute Gasteiger partial charge is 0.327 e. The summed E-state index contributed by atoms with van der Waals surface area (Å²) in [6.07, 6.45) is 5.07. The van der Waals surface area contributed by atoms with Crippen LogP contribution in [0.3, 0.4) is 0 Å². The number of nitrogens with two attached hydrogens (primary N) is 1. The Kier molecular flexibility index (Phi) is 3.55. The summed E-state index contributed by atoms with van der Waals surface area (Å²) in [5.74, 6) is 0. The first kappa shape index (κ1) is 9.01. The van der Waals surface area contributed by atoms with Gasteiger partial charge in [-0.15, -0.1) is 0 Å². The standard InChI is InChI=1S/C11H15N/c1-10-5-7-11(8-6-10)4-2-3-9-12/h2-3,5-8H,4,9,12H2,1H3/b3-2+. The molecule has 1 nitrogen and oxygen atoms in total. The number of rotatable bonds is 3. The summed E-state index contributed by atoms with van der Waals surface area (Å²) in [6.45, 7) is 2.73. The highest BCUT2D eigenvalue weighted by Crippen LogP contribution is 2.03. The van der Waals surface area contributed by atoms with Gasteiger partial charge in [-0.25, -0.2) is 0 Å². The fourth-order valence-corrected chi connectivity index (χ4v) is 1.04. The van der Waals surface area contributed by atoms with Crippen molar-refractivity contribution in [3.05, 3.63) is 47.5 Å². The van der Waals surface area contributed by atoms with Gasteiger partial charge in [0.25, 0.3) is 0 Å². The zero-order chi connectivity index (χ0) is 8.81. The zero-order valence-corrected chi connectivity index (χ0v) is 7.46. The fraction of sp³-hybridized carbons (Fsp3) is 0.273. The molecule has 0 aliphatic heterocycles. The first-order valence-electron chi connectivity index (χ1n) is 4.23. The van der Waals surface area contributed by atoms with Crippen LogP contribution in [0.2, 0.25) is 0 Å². The van der Waals surface area contributed by atoms with Crippen molar-refractivity contribution in [1.29, 1.82) is 0 Å². The van der Waals surface area contributed by atoms with Crippen LogP contribution in [0, 0.1) is 6.92 Å². The molecule has 0 bridgehead atoms. The Balaban J connectivity index is 2.53. The molecule has 0 aromatic heterocycles. The Morgan fingerprint density at radius 3 is 2.42 bits per heavy atom. The van der Waals surface area contributed by atoms with Crippen molar-refractivity contribution in [3.63, 3.8) is 0 Å². The van der Waals surface area contributed by atoms with Gasteiger partial charge < -0.3 is 5.73 Å². The van der Waals surface area contributed by atoms with E-state index in [1.54, 1.807) is 0 Å². The summed E-state index contributed by atoms with van der Waals surface area (Å²) in [5, 5.41) is 0. The maximum absolute atomic E-state index is 5.33. The molecule has 1 heteroatoms. The molecule has 0 radical (unpaired) electrons. The average molecular weight is 161 g/mol. The third-order valence-corrected chi connectivity index (χ3v) is 1.78. The fourth-order valence-electron chi connectivity index (χ4n) is 1.04. The van der Waals surface area contributed by atoms with Gasteiger partial charge in [-0.05, 0) is 18.9 Å². The van der Waals surface area contributed by atoms with Crippen LogP contribution in [-0.4, -0.2) is 6.54 Å². The second kappa shape index (κ2) is 4.73. The predicted octanol–water partition coefficient (Wildman–Crippen LogP) is 2.05.